The summed E-state index contributed by atoms with van der Waals surface area (Å²) in [5.41, 5.74) is 8.62. The number of anilines is 2. The van der Waals surface area contributed by atoms with E-state index in [0.717, 1.165) is 29.1 Å². The van der Waals surface area contributed by atoms with Crippen molar-refractivity contribution in [3.05, 3.63) is 64.6 Å². The molecular formula is C22H21N7O4. The molecule has 0 unspecified atom stereocenters. The molecule has 0 saturated carbocycles. The summed E-state index contributed by atoms with van der Waals surface area (Å²) in [6.07, 6.45) is 4.91. The van der Waals surface area contributed by atoms with Crippen LogP contribution in [0.5, 0.6) is 11.5 Å². The van der Waals surface area contributed by atoms with Gasteiger partial charge in [-0.2, -0.15) is 0 Å². The van der Waals surface area contributed by atoms with Gasteiger partial charge >= 0.3 is 5.69 Å². The van der Waals surface area contributed by atoms with Crippen molar-refractivity contribution in [3.63, 3.8) is 0 Å². The van der Waals surface area contributed by atoms with E-state index in [-0.39, 0.29) is 11.5 Å². The lowest BCUT2D eigenvalue weighted by Gasteiger charge is -2.19. The monoisotopic (exact) mass is 447 g/mol. The standard InChI is InChI=1S/C22H21N7O4/c23-21-17(29(30)31)5-4-15(26-21)2-1-7-25-22-27-16(13-20-24-8-9-28(20)22)14-3-6-18-19(12-14)33-11-10-32-18/h3-6,8-9,12-13H,1-2,7,10-11H2,(H2,23,26)(H,25,27). The molecule has 4 heterocycles. The van der Waals surface area contributed by atoms with Gasteiger partial charge in [0.2, 0.25) is 11.8 Å². The molecule has 4 aromatic rings. The van der Waals surface area contributed by atoms with Gasteiger partial charge in [0.15, 0.2) is 11.5 Å². The number of pyridine rings is 1. The highest BCUT2D eigenvalue weighted by Crippen LogP contribution is 2.34. The maximum Gasteiger partial charge on any atom is 0.311 e. The summed E-state index contributed by atoms with van der Waals surface area (Å²) in [4.78, 5) is 23.7. The number of hydrogen-bond donors (Lipinski definition) is 2. The van der Waals surface area contributed by atoms with Crippen LogP contribution in [0.4, 0.5) is 17.5 Å². The third-order valence-electron chi connectivity index (χ3n) is 5.28. The third-order valence-corrected chi connectivity index (χ3v) is 5.28. The summed E-state index contributed by atoms with van der Waals surface area (Å²) in [6.45, 7) is 1.68. The Morgan fingerprint density at radius 1 is 1.12 bits per heavy atom. The largest absolute Gasteiger partial charge is 0.486 e. The minimum absolute atomic E-state index is 0.0700. The molecule has 0 amide bonds. The predicted octanol–water partition coefficient (Wildman–Crippen LogP) is 3.10. The van der Waals surface area contributed by atoms with Crippen molar-refractivity contribution < 1.29 is 14.4 Å². The van der Waals surface area contributed by atoms with E-state index in [4.69, 9.17) is 20.2 Å². The van der Waals surface area contributed by atoms with Crippen molar-refractivity contribution >= 4 is 23.1 Å². The number of aromatic nitrogens is 4. The van der Waals surface area contributed by atoms with E-state index in [1.54, 1.807) is 12.3 Å². The Morgan fingerprint density at radius 3 is 2.79 bits per heavy atom. The number of nitrogens with one attached hydrogen (secondary N) is 1. The van der Waals surface area contributed by atoms with E-state index in [1.807, 2.05) is 34.9 Å². The number of nitro groups is 1. The van der Waals surface area contributed by atoms with Crippen molar-refractivity contribution in [2.75, 3.05) is 30.8 Å². The zero-order valence-electron chi connectivity index (χ0n) is 17.6. The Hall–Kier alpha value is -4.41. The molecule has 11 nitrogen and oxygen atoms in total. The molecule has 3 aromatic heterocycles. The molecule has 0 spiro atoms. The number of nitrogens with zero attached hydrogens (tertiary/aromatic N) is 5. The van der Waals surface area contributed by atoms with Crippen LogP contribution in [0.25, 0.3) is 16.9 Å². The topological polar surface area (TPSA) is 143 Å². The number of rotatable bonds is 7. The highest BCUT2D eigenvalue weighted by Gasteiger charge is 2.15. The van der Waals surface area contributed by atoms with E-state index in [1.165, 1.54) is 6.07 Å². The molecule has 33 heavy (non-hydrogen) atoms. The fourth-order valence-electron chi connectivity index (χ4n) is 3.67. The van der Waals surface area contributed by atoms with Crippen molar-refractivity contribution in [3.8, 4) is 22.8 Å². The molecule has 0 radical (unpaired) electrons. The van der Waals surface area contributed by atoms with E-state index < -0.39 is 4.92 Å². The SMILES string of the molecule is Nc1nc(CCCNc2nc(-c3ccc4c(c3)OCCO4)cc3nccn23)ccc1[N+](=O)[O-]. The number of aryl methyl sites for hydroxylation is 1. The summed E-state index contributed by atoms with van der Waals surface area (Å²) in [7, 11) is 0. The van der Waals surface area contributed by atoms with Gasteiger partial charge in [0, 0.05) is 42.3 Å². The third kappa shape index (κ3) is 4.20. The summed E-state index contributed by atoms with van der Waals surface area (Å²) in [5, 5.41) is 14.2. The van der Waals surface area contributed by atoms with Crippen LogP contribution in [0.15, 0.2) is 48.8 Å². The number of hydrogen-bond acceptors (Lipinski definition) is 9. The highest BCUT2D eigenvalue weighted by molar-refractivity contribution is 5.69. The van der Waals surface area contributed by atoms with Crippen LogP contribution in [0.1, 0.15) is 12.1 Å². The van der Waals surface area contributed by atoms with E-state index >= 15 is 0 Å². The van der Waals surface area contributed by atoms with Crippen LogP contribution < -0.4 is 20.5 Å². The Bertz CT molecular complexity index is 1340. The van der Waals surface area contributed by atoms with Crippen LogP contribution in [-0.4, -0.2) is 44.0 Å². The zero-order chi connectivity index (χ0) is 22.8. The second kappa shape index (κ2) is 8.61. The van der Waals surface area contributed by atoms with Crippen molar-refractivity contribution in [2.45, 2.75) is 12.8 Å². The van der Waals surface area contributed by atoms with Gasteiger partial charge in [0.25, 0.3) is 0 Å². The van der Waals surface area contributed by atoms with Crippen LogP contribution in [0, 0.1) is 10.1 Å². The van der Waals surface area contributed by atoms with Gasteiger partial charge in [-0.05, 0) is 37.1 Å². The Kier molecular flexibility index (Phi) is 5.35. The van der Waals surface area contributed by atoms with Gasteiger partial charge in [-0.1, -0.05) is 0 Å². The van der Waals surface area contributed by atoms with Crippen LogP contribution in [0.3, 0.4) is 0 Å². The smallest absolute Gasteiger partial charge is 0.311 e. The molecule has 1 aromatic carbocycles. The molecule has 11 heteroatoms. The molecule has 0 saturated heterocycles. The Labute approximate surface area is 188 Å². The number of benzene rings is 1. The first kappa shape index (κ1) is 20.5. The zero-order valence-corrected chi connectivity index (χ0v) is 17.6. The van der Waals surface area contributed by atoms with Crippen LogP contribution in [-0.2, 0) is 6.42 Å². The van der Waals surface area contributed by atoms with Crippen molar-refractivity contribution in [2.24, 2.45) is 0 Å². The number of imidazole rings is 1. The van der Waals surface area contributed by atoms with Crippen molar-refractivity contribution in [1.82, 2.24) is 19.4 Å². The van der Waals surface area contributed by atoms with E-state index in [0.29, 0.717) is 43.6 Å². The van der Waals surface area contributed by atoms with Gasteiger partial charge < -0.3 is 20.5 Å². The first-order valence-electron chi connectivity index (χ1n) is 10.5. The average molecular weight is 447 g/mol. The molecule has 1 aliphatic rings. The summed E-state index contributed by atoms with van der Waals surface area (Å²) >= 11 is 0. The molecule has 0 aliphatic carbocycles. The Balaban J connectivity index is 1.31. The predicted molar refractivity (Wildman–Crippen MR) is 122 cm³/mol. The first-order chi connectivity index (χ1) is 16.1. The summed E-state index contributed by atoms with van der Waals surface area (Å²) in [6, 6.07) is 10.7. The number of ether oxygens (including phenoxy) is 2. The summed E-state index contributed by atoms with van der Waals surface area (Å²) < 4.78 is 13.2. The number of fused-ring (bicyclic) bond motifs is 2. The minimum atomic E-state index is -0.537. The summed E-state index contributed by atoms with van der Waals surface area (Å²) in [5.74, 6) is 2.02. The van der Waals surface area contributed by atoms with Gasteiger partial charge in [-0.25, -0.2) is 15.0 Å². The van der Waals surface area contributed by atoms with E-state index in [9.17, 15) is 10.1 Å². The molecule has 0 fully saturated rings. The first-order valence-corrected chi connectivity index (χ1v) is 10.5. The molecule has 168 valence electrons. The van der Waals surface area contributed by atoms with Crippen LogP contribution >= 0.6 is 0 Å². The molecule has 5 rings (SSSR count). The number of nitrogen functional groups attached to an aromatic ring is 1. The van der Waals surface area contributed by atoms with Crippen LogP contribution in [0.2, 0.25) is 0 Å². The fraction of sp³-hybridized carbons (Fsp3) is 0.227. The quantitative estimate of drug-likeness (QED) is 0.248. The molecule has 0 atom stereocenters. The molecule has 1 aliphatic heterocycles. The van der Waals surface area contributed by atoms with Gasteiger partial charge in [-0.3, -0.25) is 14.5 Å². The molecular weight excluding hydrogens is 426 g/mol. The van der Waals surface area contributed by atoms with Gasteiger partial charge in [-0.15, -0.1) is 0 Å². The maximum absolute atomic E-state index is 10.9. The lowest BCUT2D eigenvalue weighted by Crippen LogP contribution is -2.15. The normalized spacial score (nSPS) is 12.6. The molecule has 0 bridgehead atoms. The van der Waals surface area contributed by atoms with Crippen molar-refractivity contribution in [1.29, 1.82) is 0 Å². The maximum atomic E-state index is 10.9. The Morgan fingerprint density at radius 2 is 1.97 bits per heavy atom. The highest BCUT2D eigenvalue weighted by atomic mass is 16.6. The van der Waals surface area contributed by atoms with E-state index in [2.05, 4.69) is 15.3 Å². The average Bonchev–Trinajstić information content (AvgIpc) is 3.30. The number of nitrogens with two attached hydrogens (primary N) is 1. The fourth-order valence-corrected chi connectivity index (χ4v) is 3.67. The lowest BCUT2D eigenvalue weighted by atomic mass is 10.1. The van der Waals surface area contributed by atoms with Gasteiger partial charge in [0.1, 0.15) is 18.9 Å². The second-order valence-corrected chi connectivity index (χ2v) is 7.47. The lowest BCUT2D eigenvalue weighted by molar-refractivity contribution is -0.384. The van der Waals surface area contributed by atoms with Gasteiger partial charge in [0.05, 0.1) is 10.6 Å². The second-order valence-electron chi connectivity index (χ2n) is 7.47. The molecule has 3 N–H and O–H groups in total. The minimum Gasteiger partial charge on any atom is -0.486 e.